The smallest absolute Gasteiger partial charge is 0.0863 e. The standard InChI is InChI=1S/C19H31NO/c1-14-11-15(2)17(16(3)12-14)18(21)19(13-20)9-7-5-4-6-8-10-19/h11-12,18,21H,4-10,13,20H2,1-3H3. The number of rotatable bonds is 3. The lowest BCUT2D eigenvalue weighted by molar-refractivity contribution is 0.00765. The predicted molar refractivity (Wildman–Crippen MR) is 89.4 cm³/mol. The van der Waals surface area contributed by atoms with Crippen LogP contribution in [0.2, 0.25) is 0 Å². The minimum absolute atomic E-state index is 0.134. The average Bonchev–Trinajstić information content (AvgIpc) is 2.37. The SMILES string of the molecule is Cc1cc(C)c(C(O)C2(CN)CCCCCCC2)c(C)c1. The van der Waals surface area contributed by atoms with Crippen molar-refractivity contribution >= 4 is 0 Å². The molecule has 118 valence electrons. The van der Waals surface area contributed by atoms with Gasteiger partial charge in [-0.1, -0.05) is 49.8 Å². The lowest BCUT2D eigenvalue weighted by atomic mass is 9.69. The summed E-state index contributed by atoms with van der Waals surface area (Å²) < 4.78 is 0. The molecule has 1 fully saturated rings. The van der Waals surface area contributed by atoms with Gasteiger partial charge < -0.3 is 10.8 Å². The van der Waals surface area contributed by atoms with Crippen LogP contribution in [0.15, 0.2) is 12.1 Å². The second-order valence-electron chi connectivity index (χ2n) is 7.05. The molecule has 0 bridgehead atoms. The first-order chi connectivity index (χ1) is 10.00. The average molecular weight is 289 g/mol. The maximum Gasteiger partial charge on any atom is 0.0863 e. The van der Waals surface area contributed by atoms with E-state index in [0.29, 0.717) is 6.54 Å². The molecule has 1 aliphatic rings. The summed E-state index contributed by atoms with van der Waals surface area (Å²) in [5.74, 6) is 0. The van der Waals surface area contributed by atoms with Crippen molar-refractivity contribution in [3.05, 3.63) is 34.4 Å². The minimum atomic E-state index is -0.429. The van der Waals surface area contributed by atoms with Crippen molar-refractivity contribution in [3.63, 3.8) is 0 Å². The van der Waals surface area contributed by atoms with E-state index >= 15 is 0 Å². The Morgan fingerprint density at radius 2 is 1.48 bits per heavy atom. The molecular weight excluding hydrogens is 258 g/mol. The molecular formula is C19H31NO. The fourth-order valence-corrected chi connectivity index (χ4v) is 4.13. The highest BCUT2D eigenvalue weighted by Gasteiger charge is 2.38. The number of hydrogen-bond donors (Lipinski definition) is 2. The summed E-state index contributed by atoms with van der Waals surface area (Å²) >= 11 is 0. The third-order valence-corrected chi connectivity index (χ3v) is 5.35. The Labute approximate surface area is 129 Å². The first kappa shape index (κ1) is 16.5. The first-order valence-corrected chi connectivity index (χ1v) is 8.46. The van der Waals surface area contributed by atoms with Gasteiger partial charge in [0.15, 0.2) is 0 Å². The fourth-order valence-electron chi connectivity index (χ4n) is 4.13. The van der Waals surface area contributed by atoms with Crippen molar-refractivity contribution < 1.29 is 5.11 Å². The van der Waals surface area contributed by atoms with Crippen molar-refractivity contribution in [1.29, 1.82) is 0 Å². The van der Waals surface area contributed by atoms with Crippen molar-refractivity contribution in [3.8, 4) is 0 Å². The molecule has 2 nitrogen and oxygen atoms in total. The molecule has 0 amide bonds. The van der Waals surface area contributed by atoms with E-state index in [1.54, 1.807) is 0 Å². The van der Waals surface area contributed by atoms with Gasteiger partial charge in [-0.05, 0) is 50.3 Å². The van der Waals surface area contributed by atoms with E-state index < -0.39 is 6.10 Å². The number of hydrogen-bond acceptors (Lipinski definition) is 2. The van der Waals surface area contributed by atoms with Crippen molar-refractivity contribution in [1.82, 2.24) is 0 Å². The first-order valence-electron chi connectivity index (χ1n) is 8.46. The summed E-state index contributed by atoms with van der Waals surface area (Å²) in [5.41, 5.74) is 10.8. The zero-order valence-corrected chi connectivity index (χ0v) is 13.9. The van der Waals surface area contributed by atoms with Gasteiger partial charge in [-0.25, -0.2) is 0 Å². The second kappa shape index (κ2) is 6.93. The Kier molecular flexibility index (Phi) is 5.45. The van der Waals surface area contributed by atoms with Gasteiger partial charge in [-0.15, -0.1) is 0 Å². The number of nitrogens with two attached hydrogens (primary N) is 1. The highest BCUT2D eigenvalue weighted by molar-refractivity contribution is 5.40. The van der Waals surface area contributed by atoms with Crippen LogP contribution in [0.1, 0.15) is 73.3 Å². The molecule has 0 saturated heterocycles. The maximum atomic E-state index is 11.2. The Morgan fingerprint density at radius 3 is 1.95 bits per heavy atom. The van der Waals surface area contributed by atoms with Gasteiger partial charge in [-0.2, -0.15) is 0 Å². The fraction of sp³-hybridized carbons (Fsp3) is 0.684. The van der Waals surface area contributed by atoms with Crippen LogP contribution in [-0.4, -0.2) is 11.7 Å². The summed E-state index contributed by atoms with van der Waals surface area (Å²) in [6.07, 6.45) is 7.95. The highest BCUT2D eigenvalue weighted by atomic mass is 16.3. The molecule has 1 aromatic rings. The van der Waals surface area contributed by atoms with E-state index in [9.17, 15) is 5.11 Å². The molecule has 0 spiro atoms. The van der Waals surface area contributed by atoms with Crippen molar-refractivity contribution in [2.45, 2.75) is 71.8 Å². The quantitative estimate of drug-likeness (QED) is 0.869. The summed E-state index contributed by atoms with van der Waals surface area (Å²) in [6, 6.07) is 4.36. The van der Waals surface area contributed by atoms with Crippen LogP contribution >= 0.6 is 0 Å². The normalized spacial score (nSPS) is 20.6. The predicted octanol–water partition coefficient (Wildman–Crippen LogP) is 4.33. The zero-order chi connectivity index (χ0) is 15.5. The number of aryl methyl sites for hydroxylation is 3. The lowest BCUT2D eigenvalue weighted by Gasteiger charge is -2.40. The third-order valence-electron chi connectivity index (χ3n) is 5.35. The Balaban J connectivity index is 2.36. The molecule has 1 saturated carbocycles. The molecule has 3 N–H and O–H groups in total. The van der Waals surface area contributed by atoms with E-state index in [1.807, 2.05) is 0 Å². The van der Waals surface area contributed by atoms with Crippen LogP contribution in [0.4, 0.5) is 0 Å². The summed E-state index contributed by atoms with van der Waals surface area (Å²) in [4.78, 5) is 0. The Morgan fingerprint density at radius 1 is 1.00 bits per heavy atom. The molecule has 0 heterocycles. The number of aliphatic hydroxyl groups is 1. The van der Waals surface area contributed by atoms with Gasteiger partial charge in [0.25, 0.3) is 0 Å². The molecule has 1 aromatic carbocycles. The second-order valence-corrected chi connectivity index (χ2v) is 7.05. The Hall–Kier alpha value is -0.860. The van der Waals surface area contributed by atoms with Gasteiger partial charge >= 0.3 is 0 Å². The molecule has 1 unspecified atom stereocenters. The van der Waals surface area contributed by atoms with E-state index in [-0.39, 0.29) is 5.41 Å². The lowest BCUT2D eigenvalue weighted by Crippen LogP contribution is -2.38. The van der Waals surface area contributed by atoms with Crippen LogP contribution in [0.25, 0.3) is 0 Å². The van der Waals surface area contributed by atoms with Gasteiger partial charge in [0.05, 0.1) is 6.10 Å². The van der Waals surface area contributed by atoms with Gasteiger partial charge in [-0.3, -0.25) is 0 Å². The molecule has 21 heavy (non-hydrogen) atoms. The monoisotopic (exact) mass is 289 g/mol. The largest absolute Gasteiger partial charge is 0.388 e. The maximum absolute atomic E-state index is 11.2. The summed E-state index contributed by atoms with van der Waals surface area (Å²) in [7, 11) is 0. The van der Waals surface area contributed by atoms with E-state index in [0.717, 1.165) is 18.4 Å². The third kappa shape index (κ3) is 3.49. The molecule has 0 aromatic heterocycles. The van der Waals surface area contributed by atoms with Gasteiger partial charge in [0.2, 0.25) is 0 Å². The molecule has 0 aliphatic heterocycles. The van der Waals surface area contributed by atoms with Crippen LogP contribution in [0.5, 0.6) is 0 Å². The van der Waals surface area contributed by atoms with E-state index in [1.165, 1.54) is 48.8 Å². The van der Waals surface area contributed by atoms with Crippen molar-refractivity contribution in [2.75, 3.05) is 6.54 Å². The summed E-state index contributed by atoms with van der Waals surface area (Å²) in [5, 5.41) is 11.2. The molecule has 1 atom stereocenters. The number of aliphatic hydroxyl groups excluding tert-OH is 1. The topological polar surface area (TPSA) is 46.2 Å². The van der Waals surface area contributed by atoms with E-state index in [2.05, 4.69) is 32.9 Å². The zero-order valence-electron chi connectivity index (χ0n) is 13.9. The van der Waals surface area contributed by atoms with Crippen LogP contribution < -0.4 is 5.73 Å². The van der Waals surface area contributed by atoms with Crippen LogP contribution in [0, 0.1) is 26.2 Å². The molecule has 2 rings (SSSR count). The van der Waals surface area contributed by atoms with Gasteiger partial charge in [0.1, 0.15) is 0 Å². The minimum Gasteiger partial charge on any atom is -0.388 e. The molecule has 0 radical (unpaired) electrons. The van der Waals surface area contributed by atoms with Crippen LogP contribution in [0.3, 0.4) is 0 Å². The number of benzene rings is 1. The van der Waals surface area contributed by atoms with Gasteiger partial charge in [0, 0.05) is 12.0 Å². The Bertz CT molecular complexity index is 449. The summed E-state index contributed by atoms with van der Waals surface area (Å²) in [6.45, 7) is 6.93. The van der Waals surface area contributed by atoms with Crippen LogP contribution in [-0.2, 0) is 0 Å². The van der Waals surface area contributed by atoms with E-state index in [4.69, 9.17) is 5.73 Å². The molecule has 1 aliphatic carbocycles. The molecule has 2 heteroatoms. The van der Waals surface area contributed by atoms with Crippen molar-refractivity contribution in [2.24, 2.45) is 11.1 Å². The highest BCUT2D eigenvalue weighted by Crippen LogP contribution is 2.45.